The van der Waals surface area contributed by atoms with Crippen molar-refractivity contribution in [3.8, 4) is 16.9 Å². The Hall–Kier alpha value is -6.86. The van der Waals surface area contributed by atoms with Crippen LogP contribution in [-0.4, -0.2) is 30.9 Å². The summed E-state index contributed by atoms with van der Waals surface area (Å²) in [5.41, 5.74) is 11.2. The highest BCUT2D eigenvalue weighted by Gasteiger charge is 2.23. The summed E-state index contributed by atoms with van der Waals surface area (Å²) in [6.07, 6.45) is 3.80. The number of benzene rings is 5. The lowest BCUT2D eigenvalue weighted by molar-refractivity contribution is 1.05. The van der Waals surface area contributed by atoms with Crippen molar-refractivity contribution in [2.45, 2.75) is 0 Å². The molecular weight excluding hydrogens is 603 g/mol. The second kappa shape index (κ2) is 11.7. The van der Waals surface area contributed by atoms with Crippen LogP contribution in [-0.2, 0) is 0 Å². The number of hydrogen-bond acceptors (Lipinski definition) is 3. The van der Waals surface area contributed by atoms with Gasteiger partial charge in [-0.15, -0.1) is 0 Å². The topological polar surface area (TPSA) is 83.9 Å². The third-order valence-electron chi connectivity index (χ3n) is 8.93. The van der Waals surface area contributed by atoms with Crippen LogP contribution in [0.2, 0.25) is 0 Å². The van der Waals surface area contributed by atoms with Crippen molar-refractivity contribution in [2.24, 2.45) is 4.99 Å². The number of amidine groups is 2. The maximum atomic E-state index is 8.87. The standard InChI is InChI=1S/C42H29N7/c43-40(29-16-6-2-7-17-29)46-41(30-18-8-3-9-19-30)47-49-36-21-11-10-20-32(36)38-39-34(27-45-42(38)49)33-26-31(28-14-4-1-5-15-28)23-24-35(33)48(39)37-22-12-13-25-44-37/h1-27H,(H2,43,46,47). The summed E-state index contributed by atoms with van der Waals surface area (Å²) >= 11 is 0. The SMILES string of the molecule is N=C(N=C(Nn1c2ccccc2c2c1ncc1c3cc(-c4ccccc4)ccc3n(-c3ccccn3)c12)c1ccccc1)c1ccccc1. The van der Waals surface area contributed by atoms with Crippen molar-refractivity contribution >= 4 is 55.4 Å². The van der Waals surface area contributed by atoms with Gasteiger partial charge in [0.2, 0.25) is 0 Å². The van der Waals surface area contributed by atoms with Gasteiger partial charge in [-0.25, -0.2) is 19.6 Å². The van der Waals surface area contributed by atoms with Crippen molar-refractivity contribution in [2.75, 3.05) is 5.43 Å². The Morgan fingerprint density at radius 1 is 0.592 bits per heavy atom. The van der Waals surface area contributed by atoms with Crippen molar-refractivity contribution in [1.29, 1.82) is 5.41 Å². The zero-order valence-corrected chi connectivity index (χ0v) is 26.3. The molecular formula is C42H29N7. The molecule has 0 amide bonds. The average molecular weight is 632 g/mol. The summed E-state index contributed by atoms with van der Waals surface area (Å²) < 4.78 is 4.24. The molecule has 0 aliphatic carbocycles. The van der Waals surface area contributed by atoms with Gasteiger partial charge >= 0.3 is 0 Å². The quantitative estimate of drug-likeness (QED) is 0.147. The Morgan fingerprint density at radius 3 is 2.04 bits per heavy atom. The third-order valence-corrected chi connectivity index (χ3v) is 8.93. The average Bonchev–Trinajstić information content (AvgIpc) is 3.68. The van der Waals surface area contributed by atoms with E-state index in [0.717, 1.165) is 71.8 Å². The minimum absolute atomic E-state index is 0.160. The molecule has 0 atom stereocenters. The second-order valence-corrected chi connectivity index (χ2v) is 11.8. The summed E-state index contributed by atoms with van der Waals surface area (Å²) in [5, 5.41) is 13.0. The molecule has 7 nitrogen and oxygen atoms in total. The predicted molar refractivity (Wildman–Crippen MR) is 200 cm³/mol. The molecule has 0 unspecified atom stereocenters. The van der Waals surface area contributed by atoms with Crippen LogP contribution in [0, 0.1) is 5.41 Å². The lowest BCUT2D eigenvalue weighted by Crippen LogP contribution is -2.25. The van der Waals surface area contributed by atoms with E-state index in [1.807, 2.05) is 108 Å². The predicted octanol–water partition coefficient (Wildman–Crippen LogP) is 9.36. The first-order chi connectivity index (χ1) is 24.2. The Bertz CT molecular complexity index is 2680. The van der Waals surface area contributed by atoms with Crippen LogP contribution in [0.3, 0.4) is 0 Å². The highest BCUT2D eigenvalue weighted by atomic mass is 15.4. The third kappa shape index (κ3) is 4.84. The molecule has 0 aliphatic heterocycles. The van der Waals surface area contributed by atoms with Gasteiger partial charge in [0.05, 0.1) is 21.9 Å². The highest BCUT2D eigenvalue weighted by Crippen LogP contribution is 2.40. The van der Waals surface area contributed by atoms with Gasteiger partial charge in [-0.1, -0.05) is 121 Å². The molecule has 0 spiro atoms. The van der Waals surface area contributed by atoms with Crippen LogP contribution in [0.5, 0.6) is 0 Å². The van der Waals surface area contributed by atoms with Gasteiger partial charge in [-0.3, -0.25) is 15.4 Å². The molecule has 7 heteroatoms. The lowest BCUT2D eigenvalue weighted by atomic mass is 10.0. The first-order valence-electron chi connectivity index (χ1n) is 16.1. The molecule has 49 heavy (non-hydrogen) atoms. The van der Waals surface area contributed by atoms with E-state index < -0.39 is 0 Å². The zero-order chi connectivity index (χ0) is 32.7. The normalized spacial score (nSPS) is 11.9. The molecule has 0 aliphatic rings. The molecule has 2 N–H and O–H groups in total. The molecule has 232 valence electrons. The minimum atomic E-state index is 0.160. The Labute approximate surface area is 281 Å². The van der Waals surface area contributed by atoms with E-state index in [1.165, 1.54) is 0 Å². The van der Waals surface area contributed by atoms with Crippen molar-refractivity contribution in [3.05, 3.63) is 175 Å². The number of aromatic nitrogens is 4. The molecule has 0 bridgehead atoms. The van der Waals surface area contributed by atoms with E-state index in [2.05, 4.69) is 70.7 Å². The highest BCUT2D eigenvalue weighted by molar-refractivity contribution is 6.25. The van der Waals surface area contributed by atoms with E-state index >= 15 is 0 Å². The van der Waals surface area contributed by atoms with Crippen LogP contribution in [0.25, 0.3) is 60.7 Å². The number of nitrogens with one attached hydrogen (secondary N) is 2. The van der Waals surface area contributed by atoms with E-state index in [0.29, 0.717) is 5.84 Å². The van der Waals surface area contributed by atoms with Gasteiger partial charge in [-0.2, -0.15) is 0 Å². The summed E-state index contributed by atoms with van der Waals surface area (Å²) in [4.78, 5) is 14.8. The van der Waals surface area contributed by atoms with Crippen LogP contribution < -0.4 is 5.43 Å². The molecule has 0 fully saturated rings. The van der Waals surface area contributed by atoms with Gasteiger partial charge in [0.25, 0.3) is 0 Å². The zero-order valence-electron chi connectivity index (χ0n) is 26.3. The fraction of sp³-hybridized carbons (Fsp3) is 0. The maximum absolute atomic E-state index is 8.87. The number of aliphatic imine (C=N–C) groups is 1. The van der Waals surface area contributed by atoms with Crippen LogP contribution in [0.4, 0.5) is 0 Å². The number of pyridine rings is 2. The van der Waals surface area contributed by atoms with Crippen LogP contribution in [0.1, 0.15) is 11.1 Å². The van der Waals surface area contributed by atoms with Crippen molar-refractivity contribution in [1.82, 2.24) is 19.2 Å². The number of hydrogen-bond donors (Lipinski definition) is 2. The molecule has 4 aromatic heterocycles. The van der Waals surface area contributed by atoms with Crippen LogP contribution in [0.15, 0.2) is 169 Å². The Kier molecular flexibility index (Phi) is 6.80. The first kappa shape index (κ1) is 28.4. The summed E-state index contributed by atoms with van der Waals surface area (Å²) in [6, 6.07) is 50.9. The van der Waals surface area contributed by atoms with Crippen molar-refractivity contribution in [3.63, 3.8) is 0 Å². The van der Waals surface area contributed by atoms with E-state index in [1.54, 1.807) is 0 Å². The molecule has 5 aromatic carbocycles. The first-order valence-corrected chi connectivity index (χ1v) is 16.1. The lowest BCUT2D eigenvalue weighted by Gasteiger charge is -2.14. The number of rotatable bonds is 5. The molecule has 4 heterocycles. The Morgan fingerprint density at radius 2 is 1.29 bits per heavy atom. The molecule has 0 saturated carbocycles. The fourth-order valence-corrected chi connectivity index (χ4v) is 6.68. The summed E-state index contributed by atoms with van der Waals surface area (Å²) in [7, 11) is 0. The Balaban J connectivity index is 1.33. The van der Waals surface area contributed by atoms with E-state index in [4.69, 9.17) is 20.4 Å². The fourth-order valence-electron chi connectivity index (χ4n) is 6.68. The van der Waals surface area contributed by atoms with Crippen LogP contribution >= 0.6 is 0 Å². The number of fused-ring (bicyclic) bond motifs is 7. The van der Waals surface area contributed by atoms with Gasteiger partial charge in [0.15, 0.2) is 17.3 Å². The smallest absolute Gasteiger partial charge is 0.162 e. The molecule has 0 saturated heterocycles. The van der Waals surface area contributed by atoms with Gasteiger partial charge < -0.3 is 0 Å². The monoisotopic (exact) mass is 631 g/mol. The maximum Gasteiger partial charge on any atom is 0.162 e. The second-order valence-electron chi connectivity index (χ2n) is 11.8. The van der Waals surface area contributed by atoms with E-state index in [-0.39, 0.29) is 5.84 Å². The number of para-hydroxylation sites is 1. The minimum Gasteiger partial charge on any atom is -0.293 e. The molecule has 9 aromatic rings. The van der Waals surface area contributed by atoms with Crippen molar-refractivity contribution < 1.29 is 0 Å². The number of nitrogens with zero attached hydrogens (tertiary/aromatic N) is 5. The van der Waals surface area contributed by atoms with Gasteiger partial charge in [0.1, 0.15) is 5.82 Å². The molecule has 0 radical (unpaired) electrons. The van der Waals surface area contributed by atoms with Gasteiger partial charge in [-0.05, 0) is 41.5 Å². The molecule has 9 rings (SSSR count). The summed E-state index contributed by atoms with van der Waals surface area (Å²) in [5.74, 6) is 1.53. The van der Waals surface area contributed by atoms with E-state index in [9.17, 15) is 0 Å². The largest absolute Gasteiger partial charge is 0.293 e. The summed E-state index contributed by atoms with van der Waals surface area (Å²) in [6.45, 7) is 0. The van der Waals surface area contributed by atoms with Gasteiger partial charge in [0, 0.05) is 39.7 Å².